The SMILES string of the molecule is CC(=N)N1C(=N)CN=C(c2ccc(C)cc2)c2c1sc(C)c2C. The summed E-state index contributed by atoms with van der Waals surface area (Å²) < 4.78 is 0. The first-order valence-corrected chi connectivity index (χ1v) is 8.36. The lowest BCUT2D eigenvalue weighted by Gasteiger charge is -2.21. The van der Waals surface area contributed by atoms with Crippen LogP contribution in [0.15, 0.2) is 29.3 Å². The van der Waals surface area contributed by atoms with Crippen molar-refractivity contribution in [3.63, 3.8) is 0 Å². The number of fused-ring (bicyclic) bond motifs is 1. The number of anilines is 1. The Hall–Kier alpha value is -2.27. The molecule has 0 saturated heterocycles. The first-order chi connectivity index (χ1) is 10.9. The first-order valence-electron chi connectivity index (χ1n) is 7.54. The molecule has 1 aliphatic rings. The molecule has 118 valence electrons. The van der Waals surface area contributed by atoms with Crippen molar-refractivity contribution in [2.45, 2.75) is 27.7 Å². The molecule has 2 aromatic rings. The third kappa shape index (κ3) is 2.61. The second-order valence-corrected chi connectivity index (χ2v) is 7.06. The Morgan fingerprint density at radius 2 is 1.83 bits per heavy atom. The largest absolute Gasteiger partial charge is 0.288 e. The van der Waals surface area contributed by atoms with Crippen LogP contribution in [0.1, 0.15) is 34.1 Å². The van der Waals surface area contributed by atoms with E-state index in [2.05, 4.69) is 45.0 Å². The Kier molecular flexibility index (Phi) is 3.90. The predicted octanol–water partition coefficient (Wildman–Crippen LogP) is 4.31. The average Bonchev–Trinajstić information content (AvgIpc) is 2.68. The summed E-state index contributed by atoms with van der Waals surface area (Å²) in [7, 11) is 0. The number of rotatable bonds is 1. The second kappa shape index (κ2) is 5.74. The van der Waals surface area contributed by atoms with E-state index in [1.807, 2.05) is 0 Å². The monoisotopic (exact) mass is 324 g/mol. The summed E-state index contributed by atoms with van der Waals surface area (Å²) >= 11 is 1.64. The molecule has 3 rings (SSSR count). The molecule has 1 aromatic carbocycles. The maximum absolute atomic E-state index is 8.30. The molecule has 0 fully saturated rings. The highest BCUT2D eigenvalue weighted by atomic mass is 32.1. The van der Waals surface area contributed by atoms with Gasteiger partial charge >= 0.3 is 0 Å². The number of hydrogen-bond acceptors (Lipinski definition) is 4. The lowest BCUT2D eigenvalue weighted by molar-refractivity contribution is 1.20. The van der Waals surface area contributed by atoms with Gasteiger partial charge in [-0.2, -0.15) is 0 Å². The maximum atomic E-state index is 8.30. The van der Waals surface area contributed by atoms with Gasteiger partial charge in [0.1, 0.15) is 16.7 Å². The van der Waals surface area contributed by atoms with E-state index in [1.54, 1.807) is 23.2 Å². The van der Waals surface area contributed by atoms with Crippen LogP contribution in [0.4, 0.5) is 5.00 Å². The number of nitrogens with zero attached hydrogens (tertiary/aromatic N) is 2. The molecule has 4 nitrogen and oxygen atoms in total. The van der Waals surface area contributed by atoms with Crippen molar-refractivity contribution in [3.05, 3.63) is 51.4 Å². The molecule has 0 spiro atoms. The summed E-state index contributed by atoms with van der Waals surface area (Å²) in [6.07, 6.45) is 0. The van der Waals surface area contributed by atoms with E-state index >= 15 is 0 Å². The van der Waals surface area contributed by atoms with Gasteiger partial charge in [-0.15, -0.1) is 11.3 Å². The zero-order valence-electron chi connectivity index (χ0n) is 13.8. The normalized spacial score (nSPS) is 14.3. The second-order valence-electron chi connectivity index (χ2n) is 5.86. The van der Waals surface area contributed by atoms with Crippen LogP contribution >= 0.6 is 11.3 Å². The van der Waals surface area contributed by atoms with E-state index in [0.717, 1.165) is 21.8 Å². The smallest absolute Gasteiger partial charge is 0.129 e. The van der Waals surface area contributed by atoms with E-state index in [9.17, 15) is 0 Å². The fraction of sp³-hybridized carbons (Fsp3) is 0.278. The Bertz CT molecular complexity index is 827. The number of thiophene rings is 1. The van der Waals surface area contributed by atoms with Crippen LogP contribution in [0.5, 0.6) is 0 Å². The van der Waals surface area contributed by atoms with Crippen molar-refractivity contribution < 1.29 is 0 Å². The van der Waals surface area contributed by atoms with Gasteiger partial charge < -0.3 is 0 Å². The molecule has 0 aliphatic carbocycles. The fourth-order valence-electron chi connectivity index (χ4n) is 2.77. The van der Waals surface area contributed by atoms with Crippen LogP contribution < -0.4 is 4.90 Å². The van der Waals surface area contributed by atoms with Gasteiger partial charge in [0.25, 0.3) is 0 Å². The average molecular weight is 324 g/mol. The van der Waals surface area contributed by atoms with Crippen molar-refractivity contribution in [3.8, 4) is 0 Å². The highest BCUT2D eigenvalue weighted by Crippen LogP contribution is 2.38. The molecule has 0 radical (unpaired) electrons. The molecule has 5 heteroatoms. The molecule has 0 unspecified atom stereocenters. The van der Waals surface area contributed by atoms with Crippen LogP contribution in [-0.4, -0.2) is 23.9 Å². The summed E-state index contributed by atoms with van der Waals surface area (Å²) in [5.74, 6) is 0.708. The van der Waals surface area contributed by atoms with Crippen LogP contribution in [0.3, 0.4) is 0 Å². The van der Waals surface area contributed by atoms with Gasteiger partial charge in [0.15, 0.2) is 0 Å². The Morgan fingerprint density at radius 3 is 2.43 bits per heavy atom. The summed E-state index contributed by atoms with van der Waals surface area (Å²) in [5, 5.41) is 17.3. The van der Waals surface area contributed by atoms with Crippen molar-refractivity contribution in [1.82, 2.24) is 0 Å². The molecule has 23 heavy (non-hydrogen) atoms. The molecular formula is C18H20N4S. The van der Waals surface area contributed by atoms with Gasteiger partial charge in [0.05, 0.1) is 12.3 Å². The van der Waals surface area contributed by atoms with Crippen LogP contribution in [0.2, 0.25) is 0 Å². The van der Waals surface area contributed by atoms with Crippen LogP contribution in [0, 0.1) is 31.6 Å². The number of aliphatic imine (C=N–C) groups is 1. The molecule has 2 N–H and O–H groups in total. The van der Waals surface area contributed by atoms with E-state index < -0.39 is 0 Å². The molecule has 2 heterocycles. The minimum atomic E-state index is 0.291. The lowest BCUT2D eigenvalue weighted by atomic mass is 9.99. The van der Waals surface area contributed by atoms with Crippen molar-refractivity contribution in [2.24, 2.45) is 4.99 Å². The third-order valence-electron chi connectivity index (χ3n) is 4.12. The fourth-order valence-corrected chi connectivity index (χ4v) is 4.01. The third-order valence-corrected chi connectivity index (χ3v) is 5.32. The maximum Gasteiger partial charge on any atom is 0.129 e. The topological polar surface area (TPSA) is 63.3 Å². The number of benzene rings is 1. The van der Waals surface area contributed by atoms with Gasteiger partial charge in [-0.3, -0.25) is 20.7 Å². The number of amidine groups is 2. The zero-order chi connectivity index (χ0) is 16.7. The molecule has 1 aliphatic heterocycles. The summed E-state index contributed by atoms with van der Waals surface area (Å²) in [6, 6.07) is 8.34. The molecule has 1 aromatic heterocycles. The minimum absolute atomic E-state index is 0.291. The zero-order valence-corrected chi connectivity index (χ0v) is 14.6. The lowest BCUT2D eigenvalue weighted by Crippen LogP contribution is -2.35. The molecule has 0 bridgehead atoms. The van der Waals surface area contributed by atoms with Gasteiger partial charge in [-0.05, 0) is 33.3 Å². The summed E-state index contributed by atoms with van der Waals surface area (Å²) in [6.45, 7) is 8.27. The Morgan fingerprint density at radius 1 is 1.17 bits per heavy atom. The molecule has 0 atom stereocenters. The van der Waals surface area contributed by atoms with Crippen molar-refractivity contribution in [1.29, 1.82) is 10.8 Å². The Labute approximate surface area is 140 Å². The molecular weight excluding hydrogens is 304 g/mol. The van der Waals surface area contributed by atoms with Gasteiger partial charge in [-0.1, -0.05) is 29.8 Å². The van der Waals surface area contributed by atoms with Crippen LogP contribution in [0.25, 0.3) is 0 Å². The van der Waals surface area contributed by atoms with E-state index in [4.69, 9.17) is 15.8 Å². The van der Waals surface area contributed by atoms with E-state index in [-0.39, 0.29) is 0 Å². The van der Waals surface area contributed by atoms with Crippen molar-refractivity contribution >= 4 is 33.7 Å². The number of nitrogens with one attached hydrogen (secondary N) is 2. The summed E-state index contributed by atoms with van der Waals surface area (Å²) in [5.41, 5.74) is 5.45. The molecule has 0 amide bonds. The quantitative estimate of drug-likeness (QED) is 0.596. The highest BCUT2D eigenvalue weighted by Gasteiger charge is 2.28. The van der Waals surface area contributed by atoms with Gasteiger partial charge in [0.2, 0.25) is 0 Å². The van der Waals surface area contributed by atoms with Gasteiger partial charge in [-0.25, -0.2) is 0 Å². The van der Waals surface area contributed by atoms with E-state index in [0.29, 0.717) is 18.2 Å². The number of hydrogen-bond donors (Lipinski definition) is 2. The molecule has 0 saturated carbocycles. The number of aryl methyl sites for hydroxylation is 2. The first kappa shape index (κ1) is 15.6. The van der Waals surface area contributed by atoms with Gasteiger partial charge in [0, 0.05) is 16.0 Å². The Balaban J connectivity index is 2.25. The van der Waals surface area contributed by atoms with Crippen molar-refractivity contribution in [2.75, 3.05) is 11.4 Å². The standard InChI is InChI=1S/C18H20N4S/c1-10-5-7-14(8-6-10)17-16-11(2)12(3)23-18(16)22(13(4)19)15(20)9-21-17/h5-8,19-20H,9H2,1-4H3. The summed E-state index contributed by atoms with van der Waals surface area (Å²) in [4.78, 5) is 7.63. The predicted molar refractivity (Wildman–Crippen MR) is 99.1 cm³/mol. The highest BCUT2D eigenvalue weighted by molar-refractivity contribution is 7.17. The van der Waals surface area contributed by atoms with E-state index in [1.165, 1.54) is 16.0 Å². The minimum Gasteiger partial charge on any atom is -0.288 e. The van der Waals surface area contributed by atoms with Crippen LogP contribution in [-0.2, 0) is 0 Å².